The molecule has 0 radical (unpaired) electrons. The molecule has 2 N–H and O–H groups in total. The van der Waals surface area contributed by atoms with Crippen molar-refractivity contribution in [1.29, 1.82) is 0 Å². The molecule has 1 saturated heterocycles. The molecule has 4 rings (SSSR count). The highest BCUT2D eigenvalue weighted by Crippen LogP contribution is 2.44. The highest BCUT2D eigenvalue weighted by atomic mass is 16.5. The normalized spacial score (nSPS) is 17.9. The summed E-state index contributed by atoms with van der Waals surface area (Å²) in [6, 6.07) is 15.4. The van der Waals surface area contributed by atoms with Crippen molar-refractivity contribution < 1.29 is 24.2 Å². The van der Waals surface area contributed by atoms with Crippen LogP contribution >= 0.6 is 0 Å². The Morgan fingerprint density at radius 2 is 1.76 bits per heavy atom. The van der Waals surface area contributed by atoms with Gasteiger partial charge in [-0.05, 0) is 47.9 Å². The number of carboxylic acid groups (broad SMARTS) is 1. The molecule has 0 aromatic heterocycles. The predicted molar refractivity (Wildman–Crippen MR) is 128 cm³/mol. The van der Waals surface area contributed by atoms with Crippen LogP contribution in [0, 0.1) is 5.92 Å². The van der Waals surface area contributed by atoms with E-state index < -0.39 is 24.0 Å². The van der Waals surface area contributed by atoms with E-state index in [1.807, 2.05) is 36.4 Å². The van der Waals surface area contributed by atoms with Gasteiger partial charge in [-0.3, -0.25) is 9.59 Å². The van der Waals surface area contributed by atoms with E-state index in [1.54, 1.807) is 11.0 Å². The summed E-state index contributed by atoms with van der Waals surface area (Å²) in [5.41, 5.74) is 4.51. The van der Waals surface area contributed by atoms with E-state index in [9.17, 15) is 19.5 Å². The van der Waals surface area contributed by atoms with Gasteiger partial charge in [0.1, 0.15) is 12.6 Å². The van der Waals surface area contributed by atoms with E-state index in [0.29, 0.717) is 32.2 Å². The summed E-state index contributed by atoms with van der Waals surface area (Å²) in [4.78, 5) is 38.8. The first-order valence-electron chi connectivity index (χ1n) is 11.7. The molecule has 2 aromatic carbocycles. The van der Waals surface area contributed by atoms with E-state index in [2.05, 4.69) is 24.0 Å². The Morgan fingerprint density at radius 1 is 1.12 bits per heavy atom. The molecule has 2 unspecified atom stereocenters. The number of carbonyl (C=O) groups is 3. The number of benzene rings is 2. The van der Waals surface area contributed by atoms with E-state index >= 15 is 0 Å². The number of amides is 2. The molecule has 0 bridgehead atoms. The van der Waals surface area contributed by atoms with Crippen LogP contribution in [0.1, 0.15) is 42.7 Å². The lowest BCUT2D eigenvalue weighted by molar-refractivity contribution is -0.146. The number of fused-ring (bicyclic) bond motifs is 3. The van der Waals surface area contributed by atoms with Crippen molar-refractivity contribution in [2.45, 2.75) is 37.6 Å². The fourth-order valence-corrected chi connectivity index (χ4v) is 4.92. The third kappa shape index (κ3) is 4.98. The molecule has 0 spiro atoms. The summed E-state index contributed by atoms with van der Waals surface area (Å²) in [5, 5.41) is 12.1. The van der Waals surface area contributed by atoms with Crippen LogP contribution in [-0.2, 0) is 14.3 Å². The number of carbonyl (C=O) groups excluding carboxylic acids is 2. The molecule has 1 aliphatic heterocycles. The topological polar surface area (TPSA) is 95.9 Å². The standard InChI is InChI=1S/C27H30N2O5/c1-2-3-14-24(25(30)29-15-8-9-18(16-29)26(31)32)28-27(33)34-17-23-21-12-6-4-10-19(21)20-11-5-7-13-22(20)23/h2,4-7,10-13,18,23-24H,1,3,8-9,14-17H2,(H,28,33)(H,31,32). The second-order valence-electron chi connectivity index (χ2n) is 8.85. The molecule has 2 aromatic rings. The van der Waals surface area contributed by atoms with Crippen LogP contribution in [0.5, 0.6) is 0 Å². The fourth-order valence-electron chi connectivity index (χ4n) is 4.92. The summed E-state index contributed by atoms with van der Waals surface area (Å²) in [6.45, 7) is 4.51. The lowest BCUT2D eigenvalue weighted by Crippen LogP contribution is -2.52. The summed E-state index contributed by atoms with van der Waals surface area (Å²) in [5.74, 6) is -1.82. The van der Waals surface area contributed by atoms with Gasteiger partial charge in [-0.1, -0.05) is 54.6 Å². The number of rotatable bonds is 8. The second-order valence-corrected chi connectivity index (χ2v) is 8.85. The third-order valence-corrected chi connectivity index (χ3v) is 6.68. The van der Waals surface area contributed by atoms with Crippen molar-refractivity contribution in [3.05, 3.63) is 72.3 Å². The van der Waals surface area contributed by atoms with Gasteiger partial charge in [0, 0.05) is 19.0 Å². The minimum atomic E-state index is -0.898. The van der Waals surface area contributed by atoms with Crippen molar-refractivity contribution in [3.8, 4) is 11.1 Å². The van der Waals surface area contributed by atoms with Gasteiger partial charge in [0.25, 0.3) is 0 Å². The number of likely N-dealkylation sites (tertiary alicyclic amines) is 1. The van der Waals surface area contributed by atoms with Crippen LogP contribution < -0.4 is 5.32 Å². The minimum absolute atomic E-state index is 0.0705. The van der Waals surface area contributed by atoms with Gasteiger partial charge in [-0.15, -0.1) is 6.58 Å². The summed E-state index contributed by atoms with van der Waals surface area (Å²) in [6.07, 6.45) is 3.13. The van der Waals surface area contributed by atoms with Crippen LogP contribution in [0.4, 0.5) is 4.79 Å². The summed E-state index contributed by atoms with van der Waals surface area (Å²) in [7, 11) is 0. The SMILES string of the molecule is C=CCCC(NC(=O)OCC1c2ccccc2-c2ccccc21)C(=O)N1CCCC(C(=O)O)C1. The average Bonchev–Trinajstić information content (AvgIpc) is 3.18. The molecule has 0 saturated carbocycles. The van der Waals surface area contributed by atoms with Gasteiger partial charge in [0.05, 0.1) is 5.92 Å². The van der Waals surface area contributed by atoms with Gasteiger partial charge in [-0.2, -0.15) is 0 Å². The maximum absolute atomic E-state index is 13.1. The van der Waals surface area contributed by atoms with Gasteiger partial charge >= 0.3 is 12.1 Å². The zero-order valence-corrected chi connectivity index (χ0v) is 19.1. The largest absolute Gasteiger partial charge is 0.481 e. The van der Waals surface area contributed by atoms with Gasteiger partial charge in [-0.25, -0.2) is 4.79 Å². The van der Waals surface area contributed by atoms with E-state index in [4.69, 9.17) is 4.74 Å². The number of aliphatic carboxylic acids is 1. The number of nitrogens with zero attached hydrogens (tertiary/aromatic N) is 1. The lowest BCUT2D eigenvalue weighted by Gasteiger charge is -2.33. The molecule has 7 nitrogen and oxygen atoms in total. The first-order chi connectivity index (χ1) is 16.5. The molecule has 34 heavy (non-hydrogen) atoms. The first kappa shape index (κ1) is 23.5. The fraction of sp³-hybridized carbons (Fsp3) is 0.370. The summed E-state index contributed by atoms with van der Waals surface area (Å²) < 4.78 is 5.61. The molecular weight excluding hydrogens is 432 g/mol. The number of hydrogen-bond donors (Lipinski definition) is 2. The van der Waals surface area contributed by atoms with Crippen LogP contribution in [0.3, 0.4) is 0 Å². The number of nitrogens with one attached hydrogen (secondary N) is 1. The van der Waals surface area contributed by atoms with E-state index in [1.165, 1.54) is 0 Å². The zero-order valence-electron chi connectivity index (χ0n) is 19.1. The average molecular weight is 463 g/mol. The lowest BCUT2D eigenvalue weighted by atomic mass is 9.97. The van der Waals surface area contributed by atoms with E-state index in [-0.39, 0.29) is 25.0 Å². The van der Waals surface area contributed by atoms with Crippen LogP contribution in [-0.4, -0.2) is 53.7 Å². The smallest absolute Gasteiger partial charge is 0.407 e. The highest BCUT2D eigenvalue weighted by molar-refractivity contribution is 5.86. The molecular formula is C27H30N2O5. The number of alkyl carbamates (subject to hydrolysis) is 1. The van der Waals surface area contributed by atoms with Crippen molar-refractivity contribution in [2.75, 3.05) is 19.7 Å². The Kier molecular flexibility index (Phi) is 7.30. The molecule has 2 amide bonds. The highest BCUT2D eigenvalue weighted by Gasteiger charge is 2.33. The molecule has 2 aliphatic rings. The Morgan fingerprint density at radius 3 is 2.38 bits per heavy atom. The number of carboxylic acids is 1. The Bertz CT molecular complexity index is 1040. The first-order valence-corrected chi connectivity index (χ1v) is 11.7. The monoisotopic (exact) mass is 462 g/mol. The van der Waals surface area contributed by atoms with Crippen molar-refractivity contribution in [3.63, 3.8) is 0 Å². The molecule has 178 valence electrons. The van der Waals surface area contributed by atoms with Crippen LogP contribution in [0.15, 0.2) is 61.2 Å². The quantitative estimate of drug-likeness (QED) is 0.574. The minimum Gasteiger partial charge on any atom is -0.481 e. The molecule has 1 heterocycles. The Labute approximate surface area is 199 Å². The van der Waals surface area contributed by atoms with Gasteiger partial charge < -0.3 is 20.1 Å². The van der Waals surface area contributed by atoms with Crippen LogP contribution in [0.25, 0.3) is 11.1 Å². The Hall–Kier alpha value is -3.61. The van der Waals surface area contributed by atoms with Crippen molar-refractivity contribution in [2.24, 2.45) is 5.92 Å². The molecule has 1 fully saturated rings. The van der Waals surface area contributed by atoms with Crippen molar-refractivity contribution in [1.82, 2.24) is 10.2 Å². The third-order valence-electron chi connectivity index (χ3n) is 6.68. The van der Waals surface area contributed by atoms with Crippen molar-refractivity contribution >= 4 is 18.0 Å². The molecule has 1 aliphatic carbocycles. The molecule has 7 heteroatoms. The van der Waals surface area contributed by atoms with E-state index in [0.717, 1.165) is 22.3 Å². The number of ether oxygens (including phenoxy) is 1. The number of piperidine rings is 1. The Balaban J connectivity index is 1.41. The van der Waals surface area contributed by atoms with Crippen LogP contribution in [0.2, 0.25) is 0 Å². The van der Waals surface area contributed by atoms with Gasteiger partial charge in [0.2, 0.25) is 5.91 Å². The number of hydrogen-bond acceptors (Lipinski definition) is 4. The second kappa shape index (κ2) is 10.5. The summed E-state index contributed by atoms with van der Waals surface area (Å²) >= 11 is 0. The maximum atomic E-state index is 13.1. The maximum Gasteiger partial charge on any atom is 0.407 e. The van der Waals surface area contributed by atoms with Gasteiger partial charge in [0.15, 0.2) is 0 Å². The zero-order chi connectivity index (χ0) is 24.1. The molecule has 2 atom stereocenters. The number of allylic oxidation sites excluding steroid dienone is 1. The predicted octanol–water partition coefficient (Wildman–Crippen LogP) is 4.18.